The summed E-state index contributed by atoms with van der Waals surface area (Å²) in [5, 5.41) is 3.75. The van der Waals surface area contributed by atoms with Gasteiger partial charge in [0.25, 0.3) is 0 Å². The van der Waals surface area contributed by atoms with Gasteiger partial charge in [0.05, 0.1) is 0 Å². The number of piperidine rings is 1. The number of nitrogens with zero attached hydrogens (tertiary/aromatic N) is 4. The zero-order valence-electron chi connectivity index (χ0n) is 12.1. The molecule has 1 aliphatic heterocycles. The van der Waals surface area contributed by atoms with E-state index in [1.54, 1.807) is 0 Å². The molecule has 0 saturated carbocycles. The maximum Gasteiger partial charge on any atom is 0.306 e. The van der Waals surface area contributed by atoms with Crippen molar-refractivity contribution >= 4 is 5.97 Å². The van der Waals surface area contributed by atoms with Gasteiger partial charge in [0.15, 0.2) is 0 Å². The first-order chi connectivity index (χ1) is 8.90. The molecule has 0 aromatic carbocycles. The molecule has 1 heterocycles. The predicted octanol–water partition coefficient (Wildman–Crippen LogP) is 2.88. The number of rotatable bonds is 5. The van der Waals surface area contributed by atoms with Crippen LogP contribution in [0.15, 0.2) is 5.11 Å². The number of azide groups is 1. The molecule has 0 aliphatic carbocycles. The average molecular weight is 268 g/mol. The topological polar surface area (TPSA) is 78.3 Å². The fourth-order valence-corrected chi connectivity index (χ4v) is 2.17. The molecular formula is C13H24N4O2. The third kappa shape index (κ3) is 7.03. The Kier molecular flexibility index (Phi) is 6.12. The standard InChI is InChI=1S/C13H24N4O2/c1-13(2,3)19-12(18)5-4-8-17-9-6-11(7-10-17)15-16-14/h11H,4-10H2,1-3H3. The number of carbonyl (C=O) groups excluding carboxylic acids is 1. The number of likely N-dealkylation sites (tertiary alicyclic amines) is 1. The van der Waals surface area contributed by atoms with Crippen molar-refractivity contribution in [3.63, 3.8) is 0 Å². The molecule has 1 rings (SSSR count). The van der Waals surface area contributed by atoms with E-state index >= 15 is 0 Å². The first kappa shape index (κ1) is 15.8. The lowest BCUT2D eigenvalue weighted by Gasteiger charge is -2.29. The monoisotopic (exact) mass is 268 g/mol. The van der Waals surface area contributed by atoms with Crippen molar-refractivity contribution in [2.24, 2.45) is 5.11 Å². The van der Waals surface area contributed by atoms with Gasteiger partial charge in [0.2, 0.25) is 0 Å². The Labute approximate surface area is 114 Å². The minimum atomic E-state index is -0.398. The van der Waals surface area contributed by atoms with Crippen LogP contribution in [0.3, 0.4) is 0 Å². The van der Waals surface area contributed by atoms with Gasteiger partial charge in [-0.3, -0.25) is 4.79 Å². The summed E-state index contributed by atoms with van der Waals surface area (Å²) in [4.78, 5) is 16.7. The van der Waals surface area contributed by atoms with E-state index in [0.29, 0.717) is 6.42 Å². The fourth-order valence-electron chi connectivity index (χ4n) is 2.17. The summed E-state index contributed by atoms with van der Waals surface area (Å²) in [7, 11) is 0. The molecule has 0 unspecified atom stereocenters. The Morgan fingerprint density at radius 1 is 1.42 bits per heavy atom. The lowest BCUT2D eigenvalue weighted by Crippen LogP contribution is -2.36. The molecule has 0 aromatic heterocycles. The van der Waals surface area contributed by atoms with E-state index in [-0.39, 0.29) is 12.0 Å². The third-order valence-corrected chi connectivity index (χ3v) is 3.05. The highest BCUT2D eigenvalue weighted by Gasteiger charge is 2.19. The summed E-state index contributed by atoms with van der Waals surface area (Å²) in [6, 6.07) is 0.145. The van der Waals surface area contributed by atoms with E-state index < -0.39 is 5.60 Å². The molecule has 6 nitrogen and oxygen atoms in total. The Morgan fingerprint density at radius 2 is 2.05 bits per heavy atom. The molecule has 0 bridgehead atoms. The smallest absolute Gasteiger partial charge is 0.306 e. The van der Waals surface area contributed by atoms with Crippen LogP contribution in [0.5, 0.6) is 0 Å². The molecule has 0 aromatic rings. The van der Waals surface area contributed by atoms with Gasteiger partial charge in [-0.2, -0.15) is 0 Å². The van der Waals surface area contributed by atoms with E-state index in [9.17, 15) is 4.79 Å². The van der Waals surface area contributed by atoms with Crippen LogP contribution in [0, 0.1) is 0 Å². The Hall–Kier alpha value is -1.26. The molecule has 0 amide bonds. The second kappa shape index (κ2) is 7.36. The lowest BCUT2D eigenvalue weighted by atomic mass is 10.1. The van der Waals surface area contributed by atoms with Crippen molar-refractivity contribution in [1.29, 1.82) is 0 Å². The van der Waals surface area contributed by atoms with Gasteiger partial charge in [-0.1, -0.05) is 5.11 Å². The fraction of sp³-hybridized carbons (Fsp3) is 0.923. The summed E-state index contributed by atoms with van der Waals surface area (Å²) in [5.74, 6) is -0.128. The third-order valence-electron chi connectivity index (χ3n) is 3.05. The van der Waals surface area contributed by atoms with E-state index in [2.05, 4.69) is 14.9 Å². The summed E-state index contributed by atoms with van der Waals surface area (Å²) in [6.07, 6.45) is 3.11. The molecule has 1 fully saturated rings. The summed E-state index contributed by atoms with van der Waals surface area (Å²) >= 11 is 0. The van der Waals surface area contributed by atoms with E-state index in [1.165, 1.54) is 0 Å². The van der Waals surface area contributed by atoms with Crippen molar-refractivity contribution < 1.29 is 9.53 Å². The minimum absolute atomic E-state index is 0.128. The van der Waals surface area contributed by atoms with Gasteiger partial charge in [0, 0.05) is 17.4 Å². The molecule has 1 saturated heterocycles. The number of hydrogen-bond acceptors (Lipinski definition) is 4. The van der Waals surface area contributed by atoms with Gasteiger partial charge in [0.1, 0.15) is 5.60 Å². The minimum Gasteiger partial charge on any atom is -0.460 e. The lowest BCUT2D eigenvalue weighted by molar-refractivity contribution is -0.155. The summed E-state index contributed by atoms with van der Waals surface area (Å²) in [5.41, 5.74) is 7.97. The van der Waals surface area contributed by atoms with E-state index in [1.807, 2.05) is 20.8 Å². The molecule has 19 heavy (non-hydrogen) atoms. The number of carbonyl (C=O) groups is 1. The second-order valence-electron chi connectivity index (χ2n) is 5.97. The van der Waals surface area contributed by atoms with Crippen molar-refractivity contribution in [1.82, 2.24) is 4.90 Å². The number of ether oxygens (including phenoxy) is 1. The molecular weight excluding hydrogens is 244 g/mol. The van der Waals surface area contributed by atoms with Crippen LogP contribution in [-0.4, -0.2) is 42.1 Å². The van der Waals surface area contributed by atoms with Crippen molar-refractivity contribution in [2.75, 3.05) is 19.6 Å². The van der Waals surface area contributed by atoms with Crippen LogP contribution in [-0.2, 0) is 9.53 Å². The Bertz CT molecular complexity index is 337. The van der Waals surface area contributed by atoms with Gasteiger partial charge < -0.3 is 9.64 Å². The highest BCUT2D eigenvalue weighted by atomic mass is 16.6. The van der Waals surface area contributed by atoms with Gasteiger partial charge in [-0.15, -0.1) is 0 Å². The van der Waals surface area contributed by atoms with Crippen LogP contribution in [0.1, 0.15) is 46.5 Å². The van der Waals surface area contributed by atoms with Crippen molar-refractivity contribution in [2.45, 2.75) is 58.1 Å². The number of esters is 1. The van der Waals surface area contributed by atoms with Crippen molar-refractivity contribution in [3.05, 3.63) is 10.4 Å². The molecule has 108 valence electrons. The second-order valence-corrected chi connectivity index (χ2v) is 5.97. The zero-order valence-corrected chi connectivity index (χ0v) is 12.1. The highest BCUT2D eigenvalue weighted by Crippen LogP contribution is 2.15. The first-order valence-corrected chi connectivity index (χ1v) is 6.89. The van der Waals surface area contributed by atoms with Crippen LogP contribution in [0.25, 0.3) is 10.4 Å². The van der Waals surface area contributed by atoms with Crippen LogP contribution in [0.2, 0.25) is 0 Å². The highest BCUT2D eigenvalue weighted by molar-refractivity contribution is 5.69. The predicted molar refractivity (Wildman–Crippen MR) is 73.7 cm³/mol. The normalized spacial score (nSPS) is 17.8. The molecule has 6 heteroatoms. The molecule has 0 spiro atoms. The number of hydrogen-bond donors (Lipinski definition) is 0. The maximum atomic E-state index is 11.5. The van der Waals surface area contributed by atoms with Gasteiger partial charge in [-0.25, -0.2) is 0 Å². The van der Waals surface area contributed by atoms with E-state index in [0.717, 1.165) is 38.9 Å². The molecule has 1 aliphatic rings. The maximum absolute atomic E-state index is 11.5. The van der Waals surface area contributed by atoms with Crippen molar-refractivity contribution in [3.8, 4) is 0 Å². The van der Waals surface area contributed by atoms with Crippen LogP contribution >= 0.6 is 0 Å². The SMILES string of the molecule is CC(C)(C)OC(=O)CCCN1CCC(N=[N+]=[N-])CC1. The van der Waals surface area contributed by atoms with E-state index in [4.69, 9.17) is 10.3 Å². The van der Waals surface area contributed by atoms with Gasteiger partial charge >= 0.3 is 5.97 Å². The Balaban J connectivity index is 2.14. The molecule has 0 N–H and O–H groups in total. The first-order valence-electron chi connectivity index (χ1n) is 6.89. The summed E-state index contributed by atoms with van der Waals surface area (Å²) in [6.45, 7) is 8.43. The average Bonchev–Trinajstić information content (AvgIpc) is 2.29. The summed E-state index contributed by atoms with van der Waals surface area (Å²) < 4.78 is 5.26. The molecule has 0 radical (unpaired) electrons. The largest absolute Gasteiger partial charge is 0.460 e. The van der Waals surface area contributed by atoms with Gasteiger partial charge in [-0.05, 0) is 65.2 Å². The molecule has 0 atom stereocenters. The van der Waals surface area contributed by atoms with Crippen LogP contribution < -0.4 is 0 Å². The Morgan fingerprint density at radius 3 is 2.58 bits per heavy atom. The van der Waals surface area contributed by atoms with Crippen LogP contribution in [0.4, 0.5) is 0 Å². The quantitative estimate of drug-likeness (QED) is 0.333. The zero-order chi connectivity index (χ0) is 14.3.